The van der Waals surface area contributed by atoms with E-state index >= 15 is 0 Å². The van der Waals surface area contributed by atoms with Crippen molar-refractivity contribution in [3.63, 3.8) is 0 Å². The van der Waals surface area contributed by atoms with Gasteiger partial charge in [-0.15, -0.1) is 5.10 Å². The average Bonchev–Trinajstić information content (AvgIpc) is 3.05. The summed E-state index contributed by atoms with van der Waals surface area (Å²) in [6.07, 6.45) is 3.98. The van der Waals surface area contributed by atoms with Gasteiger partial charge in [-0.2, -0.15) is 5.10 Å². The summed E-state index contributed by atoms with van der Waals surface area (Å²) in [5.74, 6) is 0.324. The van der Waals surface area contributed by atoms with E-state index < -0.39 is 0 Å². The van der Waals surface area contributed by atoms with Gasteiger partial charge in [0.1, 0.15) is 5.69 Å². The van der Waals surface area contributed by atoms with Crippen LogP contribution < -0.4 is 0 Å². The van der Waals surface area contributed by atoms with Crippen LogP contribution in [0.1, 0.15) is 29.8 Å². The van der Waals surface area contributed by atoms with Crippen LogP contribution in [0.5, 0.6) is 0 Å². The van der Waals surface area contributed by atoms with Crippen molar-refractivity contribution in [3.8, 4) is 0 Å². The number of methoxy groups -OCH3 is 1. The molecule has 1 aliphatic heterocycles. The van der Waals surface area contributed by atoms with E-state index in [0.29, 0.717) is 12.5 Å². The lowest BCUT2D eigenvalue weighted by molar-refractivity contribution is 0.131. The molecule has 0 saturated carbocycles. The van der Waals surface area contributed by atoms with Crippen LogP contribution in [0.3, 0.4) is 0 Å². The third-order valence-electron chi connectivity index (χ3n) is 3.92. The molecule has 0 unspecified atom stereocenters. The summed E-state index contributed by atoms with van der Waals surface area (Å²) in [6.45, 7) is 6.33. The second-order valence-electron chi connectivity index (χ2n) is 5.58. The summed E-state index contributed by atoms with van der Waals surface area (Å²) in [6, 6.07) is 0. The Morgan fingerprint density at radius 1 is 1.43 bits per heavy atom. The van der Waals surface area contributed by atoms with Crippen molar-refractivity contribution >= 4 is 0 Å². The number of aromatic nitrogens is 5. The predicted octanol–water partition coefficient (Wildman–Crippen LogP) is 0.777. The summed E-state index contributed by atoms with van der Waals surface area (Å²) >= 11 is 0. The Labute approximate surface area is 124 Å². The summed E-state index contributed by atoms with van der Waals surface area (Å²) < 4.78 is 9.24. The molecule has 0 N–H and O–H groups in total. The number of nitrogens with zero attached hydrogens (tertiary/aromatic N) is 6. The fraction of sp³-hybridized carbons (Fsp3) is 0.643. The quantitative estimate of drug-likeness (QED) is 0.814. The molecule has 0 aliphatic carbocycles. The molecule has 3 heterocycles. The molecule has 0 fully saturated rings. The van der Waals surface area contributed by atoms with Gasteiger partial charge in [0, 0.05) is 58.0 Å². The molecule has 3 rings (SSSR count). The van der Waals surface area contributed by atoms with Gasteiger partial charge in [-0.3, -0.25) is 9.58 Å². The Balaban J connectivity index is 1.80. The maximum atomic E-state index is 5.40. The maximum Gasteiger partial charge on any atom is 0.100 e. The minimum Gasteiger partial charge on any atom is -0.384 e. The topological polar surface area (TPSA) is 61.0 Å². The van der Waals surface area contributed by atoms with Crippen LogP contribution >= 0.6 is 0 Å². The molecule has 1 aliphatic rings. The first kappa shape index (κ1) is 14.2. The van der Waals surface area contributed by atoms with Gasteiger partial charge in [0.25, 0.3) is 0 Å². The molecule has 1 atom stereocenters. The highest BCUT2D eigenvalue weighted by Gasteiger charge is 2.30. The van der Waals surface area contributed by atoms with Crippen LogP contribution in [0.25, 0.3) is 0 Å². The highest BCUT2D eigenvalue weighted by atomic mass is 16.5. The number of aryl methyl sites for hydroxylation is 2. The van der Waals surface area contributed by atoms with Crippen LogP contribution in [0.2, 0.25) is 0 Å². The molecule has 21 heavy (non-hydrogen) atoms. The first-order valence-corrected chi connectivity index (χ1v) is 7.32. The van der Waals surface area contributed by atoms with Crippen LogP contribution in [-0.2, 0) is 31.4 Å². The number of fused-ring (bicyclic) bond motifs is 1. The molecular weight excluding hydrogens is 268 g/mol. The van der Waals surface area contributed by atoms with Crippen molar-refractivity contribution in [1.29, 1.82) is 0 Å². The molecule has 2 aromatic heterocycles. The lowest BCUT2D eigenvalue weighted by Gasteiger charge is -2.31. The van der Waals surface area contributed by atoms with Crippen molar-refractivity contribution in [2.24, 2.45) is 7.05 Å². The van der Waals surface area contributed by atoms with Crippen molar-refractivity contribution in [1.82, 2.24) is 29.7 Å². The molecule has 7 nitrogen and oxygen atoms in total. The normalized spacial score (nSPS) is 18.9. The van der Waals surface area contributed by atoms with E-state index in [-0.39, 0.29) is 0 Å². The third kappa shape index (κ3) is 2.84. The van der Waals surface area contributed by atoms with Crippen molar-refractivity contribution < 1.29 is 4.74 Å². The lowest BCUT2D eigenvalue weighted by Crippen LogP contribution is -2.36. The molecule has 0 amide bonds. The van der Waals surface area contributed by atoms with Gasteiger partial charge >= 0.3 is 0 Å². The van der Waals surface area contributed by atoms with Crippen molar-refractivity contribution in [2.45, 2.75) is 32.5 Å². The molecule has 2 aromatic rings. The molecule has 0 aromatic carbocycles. The van der Waals surface area contributed by atoms with Gasteiger partial charge in [-0.1, -0.05) is 5.21 Å². The Bertz CT molecular complexity index is 604. The van der Waals surface area contributed by atoms with E-state index in [4.69, 9.17) is 4.74 Å². The minimum absolute atomic E-state index is 0.324. The number of hydrogen-bond donors (Lipinski definition) is 0. The lowest BCUT2D eigenvalue weighted by atomic mass is 9.98. The standard InChI is InChI=1S/C14H22N6O/c1-4-20-14-12(10-21-3)8-19(9-13(14)16-17-20)7-11-5-15-18(2)6-11/h5-6,12H,4,7-10H2,1-3H3/t12-/m1/s1. The van der Waals surface area contributed by atoms with Gasteiger partial charge in [-0.25, -0.2) is 4.68 Å². The minimum atomic E-state index is 0.324. The Kier molecular flexibility index (Phi) is 4.03. The van der Waals surface area contributed by atoms with E-state index in [0.717, 1.165) is 31.9 Å². The Morgan fingerprint density at radius 3 is 2.95 bits per heavy atom. The van der Waals surface area contributed by atoms with E-state index in [2.05, 4.69) is 33.4 Å². The molecule has 0 radical (unpaired) electrons. The zero-order valence-corrected chi connectivity index (χ0v) is 12.9. The number of ether oxygens (including phenoxy) is 1. The molecular formula is C14H22N6O. The molecule has 7 heteroatoms. The smallest absolute Gasteiger partial charge is 0.100 e. The maximum absolute atomic E-state index is 5.40. The van der Waals surface area contributed by atoms with Gasteiger partial charge in [0.2, 0.25) is 0 Å². The first-order valence-electron chi connectivity index (χ1n) is 7.32. The van der Waals surface area contributed by atoms with Gasteiger partial charge < -0.3 is 4.74 Å². The van der Waals surface area contributed by atoms with E-state index in [9.17, 15) is 0 Å². The van der Waals surface area contributed by atoms with E-state index in [1.807, 2.05) is 22.6 Å². The zero-order valence-electron chi connectivity index (χ0n) is 12.9. The first-order chi connectivity index (χ1) is 10.2. The average molecular weight is 290 g/mol. The van der Waals surface area contributed by atoms with Crippen LogP contribution in [0.4, 0.5) is 0 Å². The molecule has 114 valence electrons. The second-order valence-corrected chi connectivity index (χ2v) is 5.58. The number of rotatable bonds is 5. The molecule has 0 bridgehead atoms. The zero-order chi connectivity index (χ0) is 14.8. The molecule has 0 spiro atoms. The van der Waals surface area contributed by atoms with Gasteiger partial charge in [-0.05, 0) is 6.92 Å². The highest BCUT2D eigenvalue weighted by Crippen LogP contribution is 2.28. The van der Waals surface area contributed by atoms with E-state index in [1.165, 1.54) is 11.3 Å². The van der Waals surface area contributed by atoms with Gasteiger partial charge in [0.15, 0.2) is 0 Å². The summed E-state index contributed by atoms with van der Waals surface area (Å²) in [4.78, 5) is 2.39. The largest absolute Gasteiger partial charge is 0.384 e. The SMILES string of the molecule is CCn1nnc2c1[C@@H](COC)CN(Cc1cnn(C)c1)C2. The highest BCUT2D eigenvalue weighted by molar-refractivity contribution is 5.20. The fourth-order valence-electron chi connectivity index (χ4n) is 3.09. The third-order valence-corrected chi connectivity index (χ3v) is 3.92. The summed E-state index contributed by atoms with van der Waals surface area (Å²) in [5, 5.41) is 12.8. The molecule has 0 saturated heterocycles. The van der Waals surface area contributed by atoms with Crippen molar-refractivity contribution in [2.75, 3.05) is 20.3 Å². The Morgan fingerprint density at radius 2 is 2.29 bits per heavy atom. The second kappa shape index (κ2) is 5.95. The van der Waals surface area contributed by atoms with Crippen LogP contribution in [0.15, 0.2) is 12.4 Å². The van der Waals surface area contributed by atoms with Crippen LogP contribution in [-0.4, -0.2) is 49.9 Å². The Hall–Kier alpha value is -1.73. The van der Waals surface area contributed by atoms with Gasteiger partial charge in [0.05, 0.1) is 18.5 Å². The number of hydrogen-bond acceptors (Lipinski definition) is 5. The predicted molar refractivity (Wildman–Crippen MR) is 77.6 cm³/mol. The fourth-order valence-corrected chi connectivity index (χ4v) is 3.09. The van der Waals surface area contributed by atoms with E-state index in [1.54, 1.807) is 7.11 Å². The van der Waals surface area contributed by atoms with Crippen molar-refractivity contribution in [3.05, 3.63) is 29.3 Å². The summed E-state index contributed by atoms with van der Waals surface area (Å²) in [5.41, 5.74) is 3.54. The monoisotopic (exact) mass is 290 g/mol. The summed E-state index contributed by atoms with van der Waals surface area (Å²) in [7, 11) is 3.69. The van der Waals surface area contributed by atoms with Crippen LogP contribution in [0, 0.1) is 0 Å².